The molecule has 0 bridgehead atoms. The molecule has 6 nitrogen and oxygen atoms in total. The number of carboxylic acids is 1. The minimum Gasteiger partial charge on any atom is -0.481 e. The van der Waals surface area contributed by atoms with Crippen molar-refractivity contribution < 1.29 is 24.2 Å². The Kier molecular flexibility index (Phi) is 7.35. The van der Waals surface area contributed by atoms with Crippen LogP contribution in [0.2, 0.25) is 10.0 Å². The second-order valence-corrected chi connectivity index (χ2v) is 6.82. The number of ether oxygens (including phenoxy) is 2. The summed E-state index contributed by atoms with van der Waals surface area (Å²) in [7, 11) is 0. The highest BCUT2D eigenvalue weighted by Crippen LogP contribution is 2.28. The molecule has 2 atom stereocenters. The van der Waals surface area contributed by atoms with Crippen LogP contribution in [0.3, 0.4) is 0 Å². The molecule has 0 radical (unpaired) electrons. The van der Waals surface area contributed by atoms with Gasteiger partial charge in [0.05, 0.1) is 10.9 Å². The lowest BCUT2D eigenvalue weighted by Gasteiger charge is -2.28. The normalized spacial score (nSPS) is 17.6. The van der Waals surface area contributed by atoms with E-state index in [0.29, 0.717) is 41.9 Å². The minimum absolute atomic E-state index is 0.00603. The lowest BCUT2D eigenvalue weighted by Crippen LogP contribution is -2.43. The fourth-order valence-electron chi connectivity index (χ4n) is 2.74. The van der Waals surface area contributed by atoms with Crippen LogP contribution in [0.4, 0.5) is 0 Å². The Morgan fingerprint density at radius 3 is 2.64 bits per heavy atom. The highest BCUT2D eigenvalue weighted by atomic mass is 35.5. The third kappa shape index (κ3) is 5.76. The standard InChI is InChI=1S/C17H21Cl2NO5/c1-10(25-15-3-2-12(18)8-14(15)19)16(21)20-9-13(17(22)23)11-4-6-24-7-5-11/h2-3,8,10-11,13H,4-7,9H2,1H3,(H,20,21)(H,22,23). The van der Waals surface area contributed by atoms with Crippen molar-refractivity contribution in [2.75, 3.05) is 19.8 Å². The Bertz CT molecular complexity index is 619. The third-order valence-corrected chi connectivity index (χ3v) is 4.75. The van der Waals surface area contributed by atoms with Crippen molar-refractivity contribution in [3.63, 3.8) is 0 Å². The van der Waals surface area contributed by atoms with Gasteiger partial charge in [-0.05, 0) is 43.9 Å². The first-order valence-electron chi connectivity index (χ1n) is 8.08. The third-order valence-electron chi connectivity index (χ3n) is 4.22. The van der Waals surface area contributed by atoms with E-state index in [4.69, 9.17) is 32.7 Å². The molecule has 1 heterocycles. The maximum Gasteiger partial charge on any atom is 0.308 e. The number of aliphatic carboxylic acids is 1. The predicted octanol–water partition coefficient (Wildman–Crippen LogP) is 3.00. The number of carboxylic acid groups (broad SMARTS) is 1. The van der Waals surface area contributed by atoms with Gasteiger partial charge in [-0.15, -0.1) is 0 Å². The summed E-state index contributed by atoms with van der Waals surface area (Å²) in [6, 6.07) is 4.71. The van der Waals surface area contributed by atoms with Crippen LogP contribution in [0, 0.1) is 11.8 Å². The molecule has 1 fully saturated rings. The molecule has 8 heteroatoms. The van der Waals surface area contributed by atoms with Crippen LogP contribution < -0.4 is 10.1 Å². The fraction of sp³-hybridized carbons (Fsp3) is 0.529. The van der Waals surface area contributed by atoms with Crippen LogP contribution in [-0.2, 0) is 14.3 Å². The number of hydrogen-bond donors (Lipinski definition) is 2. The zero-order valence-corrected chi connectivity index (χ0v) is 15.3. The number of amides is 1. The van der Waals surface area contributed by atoms with Gasteiger partial charge in [-0.3, -0.25) is 9.59 Å². The lowest BCUT2D eigenvalue weighted by atomic mass is 9.86. The SMILES string of the molecule is CC(Oc1ccc(Cl)cc1Cl)C(=O)NCC(C(=O)O)C1CCOCC1. The van der Waals surface area contributed by atoms with E-state index in [1.54, 1.807) is 19.1 Å². The molecule has 2 N–H and O–H groups in total. The summed E-state index contributed by atoms with van der Waals surface area (Å²) in [5.41, 5.74) is 0. The largest absolute Gasteiger partial charge is 0.481 e. The first-order chi connectivity index (χ1) is 11.9. The second-order valence-electron chi connectivity index (χ2n) is 5.97. The van der Waals surface area contributed by atoms with Gasteiger partial charge in [0.15, 0.2) is 6.10 Å². The lowest BCUT2D eigenvalue weighted by molar-refractivity contribution is -0.145. The molecule has 1 amide bonds. The zero-order chi connectivity index (χ0) is 18.4. The van der Waals surface area contributed by atoms with Gasteiger partial charge in [-0.2, -0.15) is 0 Å². The Hall–Kier alpha value is -1.50. The maximum atomic E-state index is 12.2. The Morgan fingerprint density at radius 2 is 2.04 bits per heavy atom. The van der Waals surface area contributed by atoms with Crippen molar-refractivity contribution in [3.05, 3.63) is 28.2 Å². The number of halogens is 2. The average molecular weight is 390 g/mol. The monoisotopic (exact) mass is 389 g/mol. The van der Waals surface area contributed by atoms with Gasteiger partial charge in [0.2, 0.25) is 0 Å². The molecule has 1 aliphatic rings. The smallest absolute Gasteiger partial charge is 0.308 e. The molecule has 0 aromatic heterocycles. The number of rotatable bonds is 7. The molecule has 1 aromatic carbocycles. The van der Waals surface area contributed by atoms with E-state index < -0.39 is 23.9 Å². The molecular weight excluding hydrogens is 369 g/mol. The van der Waals surface area contributed by atoms with Crippen molar-refractivity contribution >= 4 is 35.1 Å². The zero-order valence-electron chi connectivity index (χ0n) is 13.8. The number of carbonyl (C=O) groups is 2. The van der Waals surface area contributed by atoms with Crippen molar-refractivity contribution in [2.24, 2.45) is 11.8 Å². The second kappa shape index (κ2) is 9.27. The predicted molar refractivity (Wildman–Crippen MR) is 94.2 cm³/mol. The molecule has 0 saturated carbocycles. The van der Waals surface area contributed by atoms with Crippen molar-refractivity contribution in [1.82, 2.24) is 5.32 Å². The van der Waals surface area contributed by atoms with Gasteiger partial charge in [-0.1, -0.05) is 23.2 Å². The first-order valence-corrected chi connectivity index (χ1v) is 8.84. The highest BCUT2D eigenvalue weighted by Gasteiger charge is 2.30. The van der Waals surface area contributed by atoms with Gasteiger partial charge in [-0.25, -0.2) is 0 Å². The van der Waals surface area contributed by atoms with Crippen LogP contribution in [0.1, 0.15) is 19.8 Å². The van der Waals surface area contributed by atoms with Gasteiger partial charge < -0.3 is 19.9 Å². The van der Waals surface area contributed by atoms with Crippen LogP contribution in [0.25, 0.3) is 0 Å². The summed E-state index contributed by atoms with van der Waals surface area (Å²) >= 11 is 11.8. The van der Waals surface area contributed by atoms with Crippen LogP contribution in [0.5, 0.6) is 5.75 Å². The van der Waals surface area contributed by atoms with E-state index in [-0.39, 0.29) is 12.5 Å². The summed E-state index contributed by atoms with van der Waals surface area (Å²) in [6.07, 6.45) is 0.543. The topological polar surface area (TPSA) is 84.9 Å². The quantitative estimate of drug-likeness (QED) is 0.748. The molecule has 1 saturated heterocycles. The van der Waals surface area contributed by atoms with Gasteiger partial charge in [0.25, 0.3) is 5.91 Å². The van der Waals surface area contributed by atoms with Crippen molar-refractivity contribution in [3.8, 4) is 5.75 Å². The Balaban J connectivity index is 1.89. The summed E-state index contributed by atoms with van der Waals surface area (Å²) in [5, 5.41) is 12.9. The molecule has 2 rings (SSSR count). The molecule has 138 valence electrons. The van der Waals surface area contributed by atoms with Gasteiger partial charge >= 0.3 is 5.97 Å². The summed E-state index contributed by atoms with van der Waals surface area (Å²) < 4.78 is 10.8. The van der Waals surface area contributed by atoms with E-state index >= 15 is 0 Å². The summed E-state index contributed by atoms with van der Waals surface area (Å²) in [4.78, 5) is 23.7. The van der Waals surface area contributed by atoms with E-state index in [2.05, 4.69) is 5.32 Å². The number of carbonyl (C=O) groups excluding carboxylic acids is 1. The van der Waals surface area contributed by atoms with Crippen molar-refractivity contribution in [1.29, 1.82) is 0 Å². The first kappa shape index (κ1) is 19.8. The maximum absolute atomic E-state index is 12.2. The van der Waals surface area contributed by atoms with E-state index in [9.17, 15) is 14.7 Å². The molecule has 1 aromatic rings. The van der Waals surface area contributed by atoms with E-state index in [0.717, 1.165) is 0 Å². The Labute approximate surface area is 156 Å². The van der Waals surface area contributed by atoms with Gasteiger partial charge in [0.1, 0.15) is 5.75 Å². The minimum atomic E-state index is -0.915. The summed E-state index contributed by atoms with van der Waals surface area (Å²) in [5.74, 6) is -1.62. The van der Waals surface area contributed by atoms with Crippen LogP contribution >= 0.6 is 23.2 Å². The molecule has 2 unspecified atom stereocenters. The van der Waals surface area contributed by atoms with Gasteiger partial charge in [0, 0.05) is 24.8 Å². The average Bonchev–Trinajstić information content (AvgIpc) is 2.58. The molecule has 0 spiro atoms. The van der Waals surface area contributed by atoms with Crippen molar-refractivity contribution in [2.45, 2.75) is 25.9 Å². The van der Waals surface area contributed by atoms with Crippen LogP contribution in [-0.4, -0.2) is 42.8 Å². The molecular formula is C17H21Cl2NO5. The molecule has 25 heavy (non-hydrogen) atoms. The molecule has 0 aliphatic carbocycles. The summed E-state index contributed by atoms with van der Waals surface area (Å²) in [6.45, 7) is 2.74. The van der Waals surface area contributed by atoms with E-state index in [1.807, 2.05) is 0 Å². The van der Waals surface area contributed by atoms with Crippen LogP contribution in [0.15, 0.2) is 18.2 Å². The number of nitrogens with one attached hydrogen (secondary N) is 1. The number of benzene rings is 1. The Morgan fingerprint density at radius 1 is 1.36 bits per heavy atom. The fourth-order valence-corrected chi connectivity index (χ4v) is 3.20. The molecule has 1 aliphatic heterocycles. The van der Waals surface area contributed by atoms with E-state index in [1.165, 1.54) is 6.07 Å². The number of hydrogen-bond acceptors (Lipinski definition) is 4. The highest BCUT2D eigenvalue weighted by molar-refractivity contribution is 6.35.